The van der Waals surface area contributed by atoms with Crippen LogP contribution in [0.5, 0.6) is 5.75 Å². The van der Waals surface area contributed by atoms with E-state index in [1.807, 2.05) is 51.2 Å². The molecule has 0 aliphatic heterocycles. The van der Waals surface area contributed by atoms with Gasteiger partial charge < -0.3 is 10.1 Å². The number of hydrogen-bond donors (Lipinski definition) is 1. The lowest BCUT2D eigenvalue weighted by atomic mass is 10.1. The summed E-state index contributed by atoms with van der Waals surface area (Å²) in [4.78, 5) is 17.4. The molecule has 1 aromatic carbocycles. The fraction of sp³-hybridized carbons (Fsp3) is 0.316. The summed E-state index contributed by atoms with van der Waals surface area (Å²) in [5, 5.41) is 8.02. The number of carbonyl (C=O) groups excluding carboxylic acids is 1. The zero-order valence-electron chi connectivity index (χ0n) is 14.9. The molecule has 1 unspecified atom stereocenters. The average molecular weight is 338 g/mol. The average Bonchev–Trinajstić information content (AvgIpc) is 3.01. The van der Waals surface area contributed by atoms with Gasteiger partial charge in [0.15, 0.2) is 5.65 Å². The second kappa shape index (κ2) is 6.93. The van der Waals surface area contributed by atoms with E-state index in [9.17, 15) is 4.79 Å². The molecular formula is C19H22N4O2. The molecule has 0 saturated carbocycles. The smallest absolute Gasteiger partial charge is 0.252 e. The first-order valence-electron chi connectivity index (χ1n) is 8.31. The Bertz CT molecular complexity index is 917. The molecule has 1 N–H and O–H groups in total. The first-order valence-corrected chi connectivity index (χ1v) is 8.31. The number of carbonyl (C=O) groups is 1. The van der Waals surface area contributed by atoms with Crippen molar-refractivity contribution < 1.29 is 9.53 Å². The topological polar surface area (TPSA) is 69.0 Å². The highest BCUT2D eigenvalue weighted by atomic mass is 16.5. The molecule has 130 valence electrons. The maximum absolute atomic E-state index is 12.7. The zero-order valence-corrected chi connectivity index (χ0v) is 14.9. The van der Waals surface area contributed by atoms with E-state index >= 15 is 0 Å². The Morgan fingerprint density at radius 2 is 2.16 bits per heavy atom. The van der Waals surface area contributed by atoms with Crippen LogP contribution in [0.1, 0.15) is 30.6 Å². The number of aryl methyl sites for hydroxylation is 1. The Morgan fingerprint density at radius 3 is 2.88 bits per heavy atom. The summed E-state index contributed by atoms with van der Waals surface area (Å²) in [6, 6.07) is 9.55. The highest BCUT2D eigenvalue weighted by molar-refractivity contribution is 6.06. The van der Waals surface area contributed by atoms with Crippen LogP contribution in [0.4, 0.5) is 0 Å². The molecule has 6 nitrogen and oxygen atoms in total. The van der Waals surface area contributed by atoms with Crippen LogP contribution in [0, 0.1) is 0 Å². The molecule has 0 fully saturated rings. The van der Waals surface area contributed by atoms with Crippen molar-refractivity contribution in [3.05, 3.63) is 42.1 Å². The SMILES string of the molecule is CCC(C)NC(=O)c1cc(-c2cccc(OC)c2)nc2c1cnn2C. The third-order valence-corrected chi connectivity index (χ3v) is 4.31. The number of ether oxygens (including phenoxy) is 1. The largest absolute Gasteiger partial charge is 0.497 e. The number of nitrogens with one attached hydrogen (secondary N) is 1. The number of amides is 1. The van der Waals surface area contributed by atoms with Gasteiger partial charge in [-0.25, -0.2) is 4.98 Å². The van der Waals surface area contributed by atoms with E-state index in [2.05, 4.69) is 15.4 Å². The molecule has 2 heterocycles. The molecule has 3 aromatic rings. The summed E-state index contributed by atoms with van der Waals surface area (Å²) in [7, 11) is 3.45. The summed E-state index contributed by atoms with van der Waals surface area (Å²) in [6.07, 6.45) is 2.55. The quantitative estimate of drug-likeness (QED) is 0.776. The Kier molecular flexibility index (Phi) is 4.70. The molecule has 6 heteroatoms. The number of hydrogen-bond acceptors (Lipinski definition) is 4. The van der Waals surface area contributed by atoms with E-state index in [0.717, 1.165) is 23.1 Å². The third kappa shape index (κ3) is 3.33. The third-order valence-electron chi connectivity index (χ3n) is 4.31. The second-order valence-corrected chi connectivity index (χ2v) is 6.08. The molecule has 0 saturated heterocycles. The van der Waals surface area contributed by atoms with E-state index in [0.29, 0.717) is 16.9 Å². The van der Waals surface area contributed by atoms with Gasteiger partial charge in [-0.1, -0.05) is 19.1 Å². The highest BCUT2D eigenvalue weighted by Crippen LogP contribution is 2.27. The lowest BCUT2D eigenvalue weighted by molar-refractivity contribution is 0.0941. The molecule has 0 radical (unpaired) electrons. The van der Waals surface area contributed by atoms with Crippen LogP contribution in [-0.4, -0.2) is 33.8 Å². The maximum atomic E-state index is 12.7. The number of pyridine rings is 1. The second-order valence-electron chi connectivity index (χ2n) is 6.08. The Hall–Kier alpha value is -2.89. The Labute approximate surface area is 146 Å². The molecule has 25 heavy (non-hydrogen) atoms. The van der Waals surface area contributed by atoms with Gasteiger partial charge in [0.2, 0.25) is 0 Å². The summed E-state index contributed by atoms with van der Waals surface area (Å²) in [5.41, 5.74) is 2.86. The predicted molar refractivity (Wildman–Crippen MR) is 97.7 cm³/mol. The summed E-state index contributed by atoms with van der Waals surface area (Å²) < 4.78 is 6.97. The van der Waals surface area contributed by atoms with Crippen LogP contribution in [0.15, 0.2) is 36.5 Å². The lowest BCUT2D eigenvalue weighted by Gasteiger charge is -2.13. The fourth-order valence-corrected chi connectivity index (χ4v) is 2.64. The minimum absolute atomic E-state index is 0.104. The van der Waals surface area contributed by atoms with Crippen LogP contribution in [0.3, 0.4) is 0 Å². The van der Waals surface area contributed by atoms with Gasteiger partial charge in [0.05, 0.1) is 30.0 Å². The van der Waals surface area contributed by atoms with Crippen LogP contribution >= 0.6 is 0 Å². The fourth-order valence-electron chi connectivity index (χ4n) is 2.64. The summed E-state index contributed by atoms with van der Waals surface area (Å²) in [5.74, 6) is 0.633. The van der Waals surface area contributed by atoms with Crippen molar-refractivity contribution in [3.63, 3.8) is 0 Å². The van der Waals surface area contributed by atoms with Crippen LogP contribution in [-0.2, 0) is 7.05 Å². The standard InChI is InChI=1S/C19H22N4O2/c1-5-12(2)21-19(24)15-10-17(13-7-6-8-14(9-13)25-4)22-18-16(15)11-20-23(18)3/h6-12H,5H2,1-4H3,(H,21,24). The normalized spacial score (nSPS) is 12.2. The molecule has 0 aliphatic rings. The van der Waals surface area contributed by atoms with Gasteiger partial charge in [0.25, 0.3) is 5.91 Å². The van der Waals surface area contributed by atoms with Gasteiger partial charge in [0.1, 0.15) is 5.75 Å². The van der Waals surface area contributed by atoms with Crippen molar-refractivity contribution in [2.45, 2.75) is 26.3 Å². The zero-order chi connectivity index (χ0) is 18.0. The lowest BCUT2D eigenvalue weighted by Crippen LogP contribution is -2.32. The number of methoxy groups -OCH3 is 1. The first-order chi connectivity index (χ1) is 12.0. The van der Waals surface area contributed by atoms with E-state index in [1.54, 1.807) is 18.0 Å². The molecule has 0 aliphatic carbocycles. The van der Waals surface area contributed by atoms with Crippen LogP contribution < -0.4 is 10.1 Å². The monoisotopic (exact) mass is 338 g/mol. The number of nitrogens with zero attached hydrogens (tertiary/aromatic N) is 3. The molecule has 1 amide bonds. The number of rotatable bonds is 5. The molecule has 0 spiro atoms. The number of fused-ring (bicyclic) bond motifs is 1. The molecule has 3 rings (SSSR count). The number of benzene rings is 1. The van der Waals surface area contributed by atoms with Crippen molar-refractivity contribution in [3.8, 4) is 17.0 Å². The molecule has 0 bridgehead atoms. The molecule has 2 aromatic heterocycles. The predicted octanol–water partition coefficient (Wildman–Crippen LogP) is 3.17. The van der Waals surface area contributed by atoms with Gasteiger partial charge >= 0.3 is 0 Å². The van der Waals surface area contributed by atoms with Gasteiger partial charge in [-0.15, -0.1) is 0 Å². The van der Waals surface area contributed by atoms with Crippen LogP contribution in [0.25, 0.3) is 22.3 Å². The van der Waals surface area contributed by atoms with E-state index in [4.69, 9.17) is 4.74 Å². The Balaban J connectivity index is 2.14. The minimum Gasteiger partial charge on any atom is -0.497 e. The first kappa shape index (κ1) is 17.0. The van der Waals surface area contributed by atoms with Crippen molar-refractivity contribution >= 4 is 16.9 Å². The number of aromatic nitrogens is 3. The van der Waals surface area contributed by atoms with Gasteiger partial charge in [0, 0.05) is 18.7 Å². The van der Waals surface area contributed by atoms with E-state index < -0.39 is 0 Å². The molecule has 1 atom stereocenters. The molecular weight excluding hydrogens is 316 g/mol. The minimum atomic E-state index is -0.112. The van der Waals surface area contributed by atoms with E-state index in [1.165, 1.54) is 0 Å². The van der Waals surface area contributed by atoms with E-state index in [-0.39, 0.29) is 11.9 Å². The van der Waals surface area contributed by atoms with Crippen molar-refractivity contribution in [2.24, 2.45) is 7.05 Å². The van der Waals surface area contributed by atoms with Gasteiger partial charge in [-0.3, -0.25) is 9.48 Å². The highest BCUT2D eigenvalue weighted by Gasteiger charge is 2.17. The summed E-state index contributed by atoms with van der Waals surface area (Å²) in [6.45, 7) is 4.03. The van der Waals surface area contributed by atoms with Crippen molar-refractivity contribution in [1.82, 2.24) is 20.1 Å². The Morgan fingerprint density at radius 1 is 1.36 bits per heavy atom. The van der Waals surface area contributed by atoms with Crippen molar-refractivity contribution in [1.29, 1.82) is 0 Å². The van der Waals surface area contributed by atoms with Crippen molar-refractivity contribution in [2.75, 3.05) is 7.11 Å². The summed E-state index contributed by atoms with van der Waals surface area (Å²) >= 11 is 0. The van der Waals surface area contributed by atoms with Gasteiger partial charge in [-0.2, -0.15) is 5.10 Å². The maximum Gasteiger partial charge on any atom is 0.252 e. The van der Waals surface area contributed by atoms with Gasteiger partial charge in [-0.05, 0) is 31.5 Å². The van der Waals surface area contributed by atoms with Crippen LogP contribution in [0.2, 0.25) is 0 Å².